The van der Waals surface area contributed by atoms with Crippen LogP contribution < -0.4 is 10.2 Å². The first-order chi connectivity index (χ1) is 12.1. The first-order valence-electron chi connectivity index (χ1n) is 9.31. The molecule has 1 aromatic heterocycles. The molecule has 2 amide bonds. The van der Waals surface area contributed by atoms with Crippen LogP contribution in [0.4, 0.5) is 5.82 Å². The van der Waals surface area contributed by atoms with Gasteiger partial charge in [0.15, 0.2) is 0 Å². The number of rotatable bonds is 4. The third-order valence-electron chi connectivity index (χ3n) is 5.21. The van der Waals surface area contributed by atoms with Crippen LogP contribution in [0.1, 0.15) is 55.3 Å². The van der Waals surface area contributed by atoms with Crippen molar-refractivity contribution in [3.05, 3.63) is 23.9 Å². The number of carbonyl (C=O) groups is 2. The van der Waals surface area contributed by atoms with Gasteiger partial charge in [0.25, 0.3) is 5.91 Å². The molecular weight excluding hydrogens is 316 g/mol. The van der Waals surface area contributed by atoms with E-state index in [1.165, 1.54) is 19.3 Å². The number of amides is 2. The fraction of sp³-hybridized carbons (Fsp3) is 0.632. The van der Waals surface area contributed by atoms with Crippen LogP contribution in [0.15, 0.2) is 18.3 Å². The smallest absolute Gasteiger partial charge is 0.258 e. The molecule has 1 N–H and O–H groups in total. The lowest BCUT2D eigenvalue weighted by molar-refractivity contribution is -0.125. The highest BCUT2D eigenvalue weighted by atomic mass is 16.2. The highest BCUT2D eigenvalue weighted by Crippen LogP contribution is 2.25. The van der Waals surface area contributed by atoms with Crippen molar-refractivity contribution in [2.24, 2.45) is 0 Å². The Morgan fingerprint density at radius 3 is 2.64 bits per heavy atom. The summed E-state index contributed by atoms with van der Waals surface area (Å²) in [5.41, 5.74) is 0.560. The van der Waals surface area contributed by atoms with E-state index in [1.807, 2.05) is 19.0 Å². The average molecular weight is 344 g/mol. The minimum Gasteiger partial charge on any atom is -0.362 e. The van der Waals surface area contributed by atoms with Crippen molar-refractivity contribution in [3.63, 3.8) is 0 Å². The van der Waals surface area contributed by atoms with E-state index in [4.69, 9.17) is 0 Å². The predicted molar refractivity (Wildman–Crippen MR) is 97.6 cm³/mol. The number of hydrogen-bond donors (Lipinski definition) is 1. The Morgan fingerprint density at radius 2 is 1.92 bits per heavy atom. The molecular formula is C19H28N4O2. The zero-order valence-electron chi connectivity index (χ0n) is 15.2. The first kappa shape index (κ1) is 17.7. The first-order valence-corrected chi connectivity index (χ1v) is 9.31. The van der Waals surface area contributed by atoms with Gasteiger partial charge in [-0.05, 0) is 37.8 Å². The van der Waals surface area contributed by atoms with Gasteiger partial charge in [-0.15, -0.1) is 0 Å². The van der Waals surface area contributed by atoms with E-state index in [0.29, 0.717) is 17.9 Å². The predicted octanol–water partition coefficient (Wildman–Crippen LogP) is 2.20. The van der Waals surface area contributed by atoms with E-state index in [9.17, 15) is 9.59 Å². The second-order valence-electron chi connectivity index (χ2n) is 7.27. The van der Waals surface area contributed by atoms with Gasteiger partial charge in [-0.3, -0.25) is 9.59 Å². The summed E-state index contributed by atoms with van der Waals surface area (Å²) in [7, 11) is 3.74. The highest BCUT2D eigenvalue weighted by molar-refractivity contribution is 6.01. The van der Waals surface area contributed by atoms with Crippen molar-refractivity contribution in [1.29, 1.82) is 0 Å². The molecule has 1 saturated heterocycles. The van der Waals surface area contributed by atoms with Gasteiger partial charge in [-0.25, -0.2) is 4.98 Å². The molecule has 136 valence electrons. The van der Waals surface area contributed by atoms with Crippen LogP contribution in [0, 0.1) is 0 Å². The quantitative estimate of drug-likeness (QED) is 0.909. The normalized spacial score (nSPS) is 21.2. The molecule has 0 aromatic carbocycles. The van der Waals surface area contributed by atoms with E-state index in [2.05, 4.69) is 10.3 Å². The van der Waals surface area contributed by atoms with Crippen LogP contribution in [0.2, 0.25) is 0 Å². The maximum absolute atomic E-state index is 13.1. The lowest BCUT2D eigenvalue weighted by Gasteiger charge is -2.29. The average Bonchev–Trinajstić information content (AvgIpc) is 3.12. The minimum absolute atomic E-state index is 0.00745. The molecule has 0 bridgehead atoms. The minimum atomic E-state index is -0.357. The molecule has 0 radical (unpaired) electrons. The van der Waals surface area contributed by atoms with E-state index in [1.54, 1.807) is 23.2 Å². The lowest BCUT2D eigenvalue weighted by Crippen LogP contribution is -2.49. The number of pyridine rings is 1. The Bertz CT molecular complexity index is 626. The zero-order valence-corrected chi connectivity index (χ0v) is 15.2. The van der Waals surface area contributed by atoms with Crippen LogP contribution in [0.3, 0.4) is 0 Å². The highest BCUT2D eigenvalue weighted by Gasteiger charge is 2.36. The molecule has 1 aliphatic heterocycles. The van der Waals surface area contributed by atoms with Gasteiger partial charge >= 0.3 is 0 Å². The topological polar surface area (TPSA) is 65.5 Å². The summed E-state index contributed by atoms with van der Waals surface area (Å²) in [6, 6.07) is 3.48. The van der Waals surface area contributed by atoms with Crippen LogP contribution in [0.25, 0.3) is 0 Å². The molecule has 0 unspecified atom stereocenters. The molecule has 1 atom stereocenters. The number of nitrogens with one attached hydrogen (secondary N) is 1. The van der Waals surface area contributed by atoms with Gasteiger partial charge in [-0.1, -0.05) is 19.3 Å². The summed E-state index contributed by atoms with van der Waals surface area (Å²) in [4.78, 5) is 33.7. The number of likely N-dealkylation sites (tertiary alicyclic amines) is 1. The second-order valence-corrected chi connectivity index (χ2v) is 7.27. The number of anilines is 1. The molecule has 25 heavy (non-hydrogen) atoms. The van der Waals surface area contributed by atoms with Crippen LogP contribution in [-0.2, 0) is 4.79 Å². The van der Waals surface area contributed by atoms with E-state index < -0.39 is 0 Å². The van der Waals surface area contributed by atoms with Crippen molar-refractivity contribution in [2.45, 2.75) is 57.0 Å². The molecule has 3 rings (SSSR count). The Hall–Kier alpha value is -2.11. The van der Waals surface area contributed by atoms with Gasteiger partial charge in [0.1, 0.15) is 11.9 Å². The van der Waals surface area contributed by atoms with Crippen LogP contribution in [0.5, 0.6) is 0 Å². The summed E-state index contributed by atoms with van der Waals surface area (Å²) >= 11 is 0. The monoisotopic (exact) mass is 344 g/mol. The molecule has 2 aliphatic rings. The SMILES string of the molecule is CN(C)c1ncccc1C(=O)N1CCC[C@@H]1C(=O)NC1CCCCC1. The molecule has 6 nitrogen and oxygen atoms in total. The standard InChI is InChI=1S/C19H28N4O2/c1-22(2)17-15(10-6-12-20-17)19(25)23-13-7-11-16(23)18(24)21-14-8-4-3-5-9-14/h6,10,12,14,16H,3-5,7-9,11,13H2,1-2H3,(H,21,24)/t16-/m1/s1. The Labute approximate surface area is 149 Å². The molecule has 2 heterocycles. The Kier molecular flexibility index (Phi) is 5.56. The van der Waals surface area contributed by atoms with Gasteiger partial charge in [0, 0.05) is 32.9 Å². The Morgan fingerprint density at radius 1 is 1.16 bits per heavy atom. The Balaban J connectivity index is 1.72. The summed E-state index contributed by atoms with van der Waals surface area (Å²) in [5, 5.41) is 3.18. The van der Waals surface area contributed by atoms with Crippen molar-refractivity contribution in [2.75, 3.05) is 25.5 Å². The number of nitrogens with zero attached hydrogens (tertiary/aromatic N) is 3. The number of aromatic nitrogens is 1. The summed E-state index contributed by atoms with van der Waals surface area (Å²) in [6.45, 7) is 0.628. The van der Waals surface area contributed by atoms with Crippen LogP contribution >= 0.6 is 0 Å². The van der Waals surface area contributed by atoms with Gasteiger partial charge < -0.3 is 15.1 Å². The molecule has 1 aromatic rings. The van der Waals surface area contributed by atoms with Crippen molar-refractivity contribution < 1.29 is 9.59 Å². The molecule has 6 heteroatoms. The summed E-state index contributed by atoms with van der Waals surface area (Å²) in [6.07, 6.45) is 9.02. The molecule has 1 saturated carbocycles. The van der Waals surface area contributed by atoms with Crippen molar-refractivity contribution >= 4 is 17.6 Å². The van der Waals surface area contributed by atoms with E-state index >= 15 is 0 Å². The van der Waals surface area contributed by atoms with Crippen LogP contribution in [-0.4, -0.2) is 54.4 Å². The van der Waals surface area contributed by atoms with E-state index in [-0.39, 0.29) is 23.9 Å². The third kappa shape index (κ3) is 3.94. The summed E-state index contributed by atoms with van der Waals surface area (Å²) in [5.74, 6) is 0.553. The zero-order chi connectivity index (χ0) is 17.8. The fourth-order valence-corrected chi connectivity index (χ4v) is 3.90. The third-order valence-corrected chi connectivity index (χ3v) is 5.21. The second kappa shape index (κ2) is 7.85. The number of carbonyl (C=O) groups excluding carboxylic acids is 2. The van der Waals surface area contributed by atoms with E-state index in [0.717, 1.165) is 25.7 Å². The fourth-order valence-electron chi connectivity index (χ4n) is 3.90. The molecule has 2 fully saturated rings. The summed E-state index contributed by atoms with van der Waals surface area (Å²) < 4.78 is 0. The van der Waals surface area contributed by atoms with Gasteiger partial charge in [0.2, 0.25) is 5.91 Å². The lowest BCUT2D eigenvalue weighted by atomic mass is 9.95. The van der Waals surface area contributed by atoms with Gasteiger partial charge in [0.05, 0.1) is 5.56 Å². The van der Waals surface area contributed by atoms with Gasteiger partial charge in [-0.2, -0.15) is 0 Å². The maximum Gasteiger partial charge on any atom is 0.258 e. The van der Waals surface area contributed by atoms with Crippen molar-refractivity contribution in [1.82, 2.24) is 15.2 Å². The number of hydrogen-bond acceptors (Lipinski definition) is 4. The molecule has 0 spiro atoms. The largest absolute Gasteiger partial charge is 0.362 e. The molecule has 1 aliphatic carbocycles. The van der Waals surface area contributed by atoms with Crippen molar-refractivity contribution in [3.8, 4) is 0 Å². The maximum atomic E-state index is 13.1.